The predicted molar refractivity (Wildman–Crippen MR) is 114 cm³/mol. The molecule has 1 aliphatic rings. The summed E-state index contributed by atoms with van der Waals surface area (Å²) in [7, 11) is 0. The summed E-state index contributed by atoms with van der Waals surface area (Å²) in [6.45, 7) is 1.88. The van der Waals surface area contributed by atoms with Crippen molar-refractivity contribution < 1.29 is 13.2 Å². The third-order valence-electron chi connectivity index (χ3n) is 5.53. The number of rotatable bonds is 4. The van der Waals surface area contributed by atoms with Crippen molar-refractivity contribution in [3.63, 3.8) is 0 Å². The van der Waals surface area contributed by atoms with Crippen LogP contribution in [0, 0.1) is 23.4 Å². The van der Waals surface area contributed by atoms with Gasteiger partial charge in [-0.1, -0.05) is 23.7 Å². The second-order valence-corrected chi connectivity index (χ2v) is 7.97. The minimum atomic E-state index is -0.767. The van der Waals surface area contributed by atoms with Crippen molar-refractivity contribution in [2.75, 3.05) is 24.5 Å². The zero-order valence-electron chi connectivity index (χ0n) is 16.2. The highest BCUT2D eigenvalue weighted by Gasteiger charge is 2.31. The van der Waals surface area contributed by atoms with Crippen LogP contribution in [0.1, 0.15) is 0 Å². The number of halogens is 4. The number of nitrogens with two attached hydrogens (primary N) is 1. The lowest BCUT2D eigenvalue weighted by Gasteiger charge is -2.42. The van der Waals surface area contributed by atoms with Crippen LogP contribution in [-0.2, 0) is 0 Å². The highest BCUT2D eigenvalue weighted by atomic mass is 35.5. The van der Waals surface area contributed by atoms with Crippen LogP contribution in [0.25, 0.3) is 33.5 Å². The fourth-order valence-corrected chi connectivity index (χ4v) is 4.12. The van der Waals surface area contributed by atoms with E-state index in [1.165, 1.54) is 12.1 Å². The Balaban J connectivity index is 1.73. The molecule has 0 saturated carbocycles. The van der Waals surface area contributed by atoms with Crippen molar-refractivity contribution in [2.45, 2.75) is 0 Å². The fraction of sp³-hybridized carbons (Fsp3) is 0.182. The molecule has 0 bridgehead atoms. The standard InChI is InChI=1S/C22H17ClF3N5/c23-16-3-1-2-13(19(16)26)14-7-28-8-15(21(14)31-9-11(6-27)10-31)22-29-18-5-12(24)4-17(25)20(18)30-22/h1-5,7-8,11H,6,9-10,27H2,(H,29,30). The average Bonchev–Trinajstić information content (AvgIpc) is 3.14. The van der Waals surface area contributed by atoms with Crippen molar-refractivity contribution in [1.29, 1.82) is 0 Å². The molecule has 0 unspecified atom stereocenters. The summed E-state index contributed by atoms with van der Waals surface area (Å²) in [6.07, 6.45) is 3.13. The van der Waals surface area contributed by atoms with Crippen LogP contribution < -0.4 is 10.6 Å². The Bertz CT molecular complexity index is 1300. The van der Waals surface area contributed by atoms with Gasteiger partial charge in [-0.2, -0.15) is 0 Å². The van der Waals surface area contributed by atoms with E-state index in [-0.39, 0.29) is 16.1 Å². The summed E-state index contributed by atoms with van der Waals surface area (Å²) in [6, 6.07) is 6.72. The van der Waals surface area contributed by atoms with E-state index in [2.05, 4.69) is 15.0 Å². The Labute approximate surface area is 180 Å². The minimum absolute atomic E-state index is 0.00131. The molecule has 3 N–H and O–H groups in total. The van der Waals surface area contributed by atoms with Crippen molar-refractivity contribution in [2.24, 2.45) is 11.7 Å². The van der Waals surface area contributed by atoms with Gasteiger partial charge >= 0.3 is 0 Å². The lowest BCUT2D eigenvalue weighted by Crippen LogP contribution is -2.50. The zero-order chi connectivity index (χ0) is 21.7. The molecule has 9 heteroatoms. The SMILES string of the molecule is NCC1CN(c2c(-c3nc4c(F)cc(F)cc4[nH]3)cncc2-c2cccc(Cl)c2F)C1. The molecule has 2 aromatic heterocycles. The topological polar surface area (TPSA) is 70.8 Å². The number of pyridine rings is 1. The highest BCUT2D eigenvalue weighted by Crippen LogP contribution is 2.42. The summed E-state index contributed by atoms with van der Waals surface area (Å²) in [4.78, 5) is 13.6. The van der Waals surface area contributed by atoms with Crippen LogP contribution in [0.15, 0.2) is 42.7 Å². The van der Waals surface area contributed by atoms with Crippen molar-refractivity contribution >= 4 is 28.3 Å². The Morgan fingerprint density at radius 1 is 1.10 bits per heavy atom. The van der Waals surface area contributed by atoms with E-state index >= 15 is 0 Å². The number of hydrogen-bond acceptors (Lipinski definition) is 4. The largest absolute Gasteiger partial charge is 0.370 e. The number of imidazole rings is 1. The summed E-state index contributed by atoms with van der Waals surface area (Å²) < 4.78 is 42.8. The second kappa shape index (κ2) is 7.55. The number of anilines is 1. The van der Waals surface area contributed by atoms with Gasteiger partial charge in [-0.3, -0.25) is 4.98 Å². The van der Waals surface area contributed by atoms with E-state index in [1.807, 2.05) is 4.90 Å². The molecule has 1 fully saturated rings. The number of hydrogen-bond donors (Lipinski definition) is 2. The maximum absolute atomic E-state index is 14.9. The first-order valence-electron chi connectivity index (χ1n) is 9.68. The Morgan fingerprint density at radius 2 is 1.87 bits per heavy atom. The molecule has 3 heterocycles. The molecule has 158 valence electrons. The minimum Gasteiger partial charge on any atom is -0.370 e. The van der Waals surface area contributed by atoms with Gasteiger partial charge < -0.3 is 15.6 Å². The molecule has 2 aromatic carbocycles. The van der Waals surface area contributed by atoms with Crippen LogP contribution in [0.5, 0.6) is 0 Å². The van der Waals surface area contributed by atoms with E-state index in [9.17, 15) is 13.2 Å². The van der Waals surface area contributed by atoms with E-state index < -0.39 is 17.5 Å². The van der Waals surface area contributed by atoms with Gasteiger partial charge in [0.25, 0.3) is 0 Å². The van der Waals surface area contributed by atoms with Crippen molar-refractivity contribution in [1.82, 2.24) is 15.0 Å². The number of nitrogens with one attached hydrogen (secondary N) is 1. The van der Waals surface area contributed by atoms with Gasteiger partial charge in [-0.05, 0) is 18.7 Å². The van der Waals surface area contributed by atoms with Gasteiger partial charge in [0, 0.05) is 48.6 Å². The van der Waals surface area contributed by atoms with Crippen LogP contribution >= 0.6 is 11.6 Å². The molecule has 0 radical (unpaired) electrons. The highest BCUT2D eigenvalue weighted by molar-refractivity contribution is 6.31. The van der Waals surface area contributed by atoms with Gasteiger partial charge in [-0.25, -0.2) is 18.2 Å². The molecule has 0 amide bonds. The molecule has 31 heavy (non-hydrogen) atoms. The lowest BCUT2D eigenvalue weighted by molar-refractivity contribution is 0.421. The number of aromatic nitrogens is 3. The van der Waals surface area contributed by atoms with Gasteiger partial charge in [0.1, 0.15) is 23.0 Å². The molecule has 5 rings (SSSR count). The third kappa shape index (κ3) is 3.32. The van der Waals surface area contributed by atoms with Gasteiger partial charge in [0.2, 0.25) is 0 Å². The number of fused-ring (bicyclic) bond motifs is 1. The molecule has 1 saturated heterocycles. The van der Waals surface area contributed by atoms with Gasteiger partial charge in [0.05, 0.1) is 21.8 Å². The van der Waals surface area contributed by atoms with E-state index in [0.29, 0.717) is 53.8 Å². The van der Waals surface area contributed by atoms with Gasteiger partial charge in [-0.15, -0.1) is 0 Å². The maximum Gasteiger partial charge on any atom is 0.153 e. The summed E-state index contributed by atoms with van der Waals surface area (Å²) >= 11 is 6.01. The number of aromatic amines is 1. The lowest BCUT2D eigenvalue weighted by atomic mass is 9.94. The maximum atomic E-state index is 14.9. The van der Waals surface area contributed by atoms with E-state index in [0.717, 1.165) is 6.07 Å². The molecule has 5 nitrogen and oxygen atoms in total. The summed E-state index contributed by atoms with van der Waals surface area (Å²) in [5.41, 5.74) is 8.07. The average molecular weight is 444 g/mol. The monoisotopic (exact) mass is 443 g/mol. The molecular weight excluding hydrogens is 427 g/mol. The normalized spacial score (nSPS) is 14.3. The van der Waals surface area contributed by atoms with Crippen LogP contribution in [0.4, 0.5) is 18.9 Å². The first kappa shape index (κ1) is 19.8. The Morgan fingerprint density at radius 3 is 2.65 bits per heavy atom. The number of benzene rings is 2. The van der Waals surface area contributed by atoms with E-state index in [1.54, 1.807) is 24.5 Å². The molecule has 0 atom stereocenters. The predicted octanol–water partition coefficient (Wildman–Crippen LogP) is 4.76. The first-order chi connectivity index (χ1) is 15.0. The van der Waals surface area contributed by atoms with Crippen molar-refractivity contribution in [3.05, 3.63) is 65.2 Å². The first-order valence-corrected chi connectivity index (χ1v) is 10.1. The molecule has 0 aliphatic carbocycles. The summed E-state index contributed by atoms with van der Waals surface area (Å²) in [5, 5.41) is -0.00131. The molecule has 0 spiro atoms. The molecule has 1 aliphatic heterocycles. The summed E-state index contributed by atoms with van der Waals surface area (Å²) in [5.74, 6) is -1.42. The van der Waals surface area contributed by atoms with E-state index in [4.69, 9.17) is 17.3 Å². The Hall–Kier alpha value is -3.10. The Kier molecular flexibility index (Phi) is 4.83. The van der Waals surface area contributed by atoms with Crippen LogP contribution in [-0.4, -0.2) is 34.6 Å². The third-order valence-corrected chi connectivity index (χ3v) is 5.82. The second-order valence-electron chi connectivity index (χ2n) is 7.56. The van der Waals surface area contributed by atoms with Gasteiger partial charge in [0.15, 0.2) is 5.82 Å². The fourth-order valence-electron chi connectivity index (χ4n) is 3.95. The van der Waals surface area contributed by atoms with Crippen molar-refractivity contribution in [3.8, 4) is 22.5 Å². The smallest absolute Gasteiger partial charge is 0.153 e. The number of H-pyrrole nitrogens is 1. The molecule has 4 aromatic rings. The van der Waals surface area contributed by atoms with Crippen LogP contribution in [0.3, 0.4) is 0 Å². The van der Waals surface area contributed by atoms with Crippen LogP contribution in [0.2, 0.25) is 5.02 Å². The number of nitrogens with zero attached hydrogens (tertiary/aromatic N) is 3. The molecular formula is C22H17ClF3N5. The quantitative estimate of drug-likeness (QED) is 0.477. The zero-order valence-corrected chi connectivity index (χ0v) is 16.9.